The van der Waals surface area contributed by atoms with Gasteiger partial charge < -0.3 is 10.1 Å². The SMILES string of the molecule is CNC(=O)OCc1cc(-c2cccnc2F)n(S(=O)(=O)c2nccs2)c1. The molecule has 0 fully saturated rings. The molecule has 1 N–H and O–H groups in total. The second-order valence-corrected chi connectivity index (χ2v) is 7.88. The molecular weight excluding hydrogens is 383 g/mol. The lowest BCUT2D eigenvalue weighted by molar-refractivity contribution is 0.142. The molecule has 3 aromatic heterocycles. The predicted octanol–water partition coefficient (Wildman–Crippen LogP) is 2.24. The number of hydrogen-bond acceptors (Lipinski definition) is 7. The number of carbonyl (C=O) groups excluding carboxylic acids is 1. The van der Waals surface area contributed by atoms with Gasteiger partial charge in [0, 0.05) is 36.6 Å². The van der Waals surface area contributed by atoms with E-state index in [1.54, 1.807) is 0 Å². The van der Waals surface area contributed by atoms with Gasteiger partial charge in [0.05, 0.1) is 11.3 Å². The first-order chi connectivity index (χ1) is 12.4. The Morgan fingerprint density at radius 2 is 2.19 bits per heavy atom. The van der Waals surface area contributed by atoms with Crippen LogP contribution in [0.15, 0.2) is 46.5 Å². The van der Waals surface area contributed by atoms with Crippen LogP contribution in [0.3, 0.4) is 0 Å². The summed E-state index contributed by atoms with van der Waals surface area (Å²) < 4.78 is 45.6. The molecule has 136 valence electrons. The molecule has 0 atom stereocenters. The fourth-order valence-electron chi connectivity index (χ4n) is 2.19. The lowest BCUT2D eigenvalue weighted by Gasteiger charge is -2.08. The van der Waals surface area contributed by atoms with Crippen LogP contribution in [-0.2, 0) is 21.4 Å². The van der Waals surface area contributed by atoms with Crippen LogP contribution in [-0.4, -0.2) is 35.5 Å². The molecule has 0 bridgehead atoms. The van der Waals surface area contributed by atoms with Crippen molar-refractivity contribution in [3.63, 3.8) is 0 Å². The van der Waals surface area contributed by atoms with Crippen molar-refractivity contribution < 1.29 is 22.3 Å². The number of alkyl carbamates (subject to hydrolysis) is 1. The molecule has 0 spiro atoms. The van der Waals surface area contributed by atoms with Crippen molar-refractivity contribution in [2.24, 2.45) is 0 Å². The first kappa shape index (κ1) is 18.0. The Kier molecular flexibility index (Phi) is 5.00. The predicted molar refractivity (Wildman–Crippen MR) is 91.6 cm³/mol. The summed E-state index contributed by atoms with van der Waals surface area (Å²) in [5.41, 5.74) is 0.423. The minimum absolute atomic E-state index is 0.00109. The summed E-state index contributed by atoms with van der Waals surface area (Å²) >= 11 is 0.939. The average Bonchev–Trinajstić information content (AvgIpc) is 3.30. The van der Waals surface area contributed by atoms with Gasteiger partial charge in [0.25, 0.3) is 10.0 Å². The van der Waals surface area contributed by atoms with Crippen LogP contribution in [0.2, 0.25) is 0 Å². The van der Waals surface area contributed by atoms with Gasteiger partial charge in [0.1, 0.15) is 6.61 Å². The summed E-state index contributed by atoms with van der Waals surface area (Å²) in [5, 5.41) is 3.81. The highest BCUT2D eigenvalue weighted by atomic mass is 32.2. The summed E-state index contributed by atoms with van der Waals surface area (Å²) in [5.74, 6) is -0.819. The smallest absolute Gasteiger partial charge is 0.407 e. The van der Waals surface area contributed by atoms with Crippen molar-refractivity contribution >= 4 is 27.5 Å². The largest absolute Gasteiger partial charge is 0.445 e. The highest BCUT2D eigenvalue weighted by Gasteiger charge is 2.25. The van der Waals surface area contributed by atoms with E-state index in [-0.39, 0.29) is 22.2 Å². The van der Waals surface area contributed by atoms with Crippen molar-refractivity contribution in [3.8, 4) is 11.3 Å². The number of thiazole rings is 1. The average molecular weight is 396 g/mol. The van der Waals surface area contributed by atoms with E-state index in [1.807, 2.05) is 0 Å². The van der Waals surface area contributed by atoms with Gasteiger partial charge in [-0.25, -0.2) is 18.7 Å². The van der Waals surface area contributed by atoms with Crippen LogP contribution in [0.4, 0.5) is 9.18 Å². The summed E-state index contributed by atoms with van der Waals surface area (Å²) in [6.45, 7) is -0.186. The molecule has 1 amide bonds. The standard InChI is InChI=1S/C15H13FN4O4S2/c1-17-14(21)24-9-10-7-12(11-3-2-4-18-13(11)16)20(8-10)26(22,23)15-19-5-6-25-15/h2-8H,9H2,1H3,(H,17,21). The van der Waals surface area contributed by atoms with Crippen molar-refractivity contribution in [2.45, 2.75) is 10.9 Å². The van der Waals surface area contributed by atoms with Crippen LogP contribution in [0.1, 0.15) is 5.56 Å². The van der Waals surface area contributed by atoms with Gasteiger partial charge in [-0.2, -0.15) is 12.8 Å². The molecule has 26 heavy (non-hydrogen) atoms. The summed E-state index contributed by atoms with van der Waals surface area (Å²) in [4.78, 5) is 18.6. The van der Waals surface area contributed by atoms with Crippen LogP contribution < -0.4 is 5.32 Å². The second-order valence-electron chi connectivity index (χ2n) is 5.00. The topological polar surface area (TPSA) is 103 Å². The number of nitrogens with one attached hydrogen (secondary N) is 1. The molecule has 0 aliphatic rings. The zero-order chi connectivity index (χ0) is 18.7. The van der Waals surface area contributed by atoms with E-state index >= 15 is 0 Å². The molecule has 0 aliphatic heterocycles. The molecule has 0 aliphatic carbocycles. The van der Waals surface area contributed by atoms with Crippen molar-refractivity contribution in [1.29, 1.82) is 0 Å². The number of pyridine rings is 1. The fourth-order valence-corrected chi connectivity index (χ4v) is 4.49. The van der Waals surface area contributed by atoms with Gasteiger partial charge in [-0.1, -0.05) is 0 Å². The van der Waals surface area contributed by atoms with Crippen LogP contribution in [0.5, 0.6) is 0 Å². The maximum Gasteiger partial charge on any atom is 0.407 e. The number of aromatic nitrogens is 3. The lowest BCUT2D eigenvalue weighted by Crippen LogP contribution is -2.18. The van der Waals surface area contributed by atoms with Gasteiger partial charge in [0.15, 0.2) is 0 Å². The zero-order valence-corrected chi connectivity index (χ0v) is 15.1. The monoisotopic (exact) mass is 396 g/mol. The Labute approximate surface area is 152 Å². The highest BCUT2D eigenvalue weighted by molar-refractivity contribution is 7.92. The second kappa shape index (κ2) is 7.22. The maximum atomic E-state index is 14.1. The molecular formula is C15H13FN4O4S2. The number of carbonyl (C=O) groups is 1. The third kappa shape index (κ3) is 3.44. The van der Waals surface area contributed by atoms with Gasteiger partial charge >= 0.3 is 6.09 Å². The third-order valence-corrected chi connectivity index (χ3v) is 6.19. The number of halogens is 1. The Morgan fingerprint density at radius 3 is 2.85 bits per heavy atom. The van der Waals surface area contributed by atoms with E-state index in [0.29, 0.717) is 5.56 Å². The number of amides is 1. The molecule has 8 nitrogen and oxygen atoms in total. The van der Waals surface area contributed by atoms with Gasteiger partial charge in [0.2, 0.25) is 10.3 Å². The Bertz CT molecular complexity index is 1030. The van der Waals surface area contributed by atoms with E-state index in [0.717, 1.165) is 15.3 Å². The molecule has 0 radical (unpaired) electrons. The molecule has 11 heteroatoms. The van der Waals surface area contributed by atoms with E-state index in [1.165, 1.54) is 49.2 Å². The third-order valence-electron chi connectivity index (χ3n) is 3.34. The molecule has 0 unspecified atom stereocenters. The molecule has 0 saturated heterocycles. The molecule has 3 heterocycles. The van der Waals surface area contributed by atoms with E-state index in [4.69, 9.17) is 4.74 Å². The van der Waals surface area contributed by atoms with E-state index in [2.05, 4.69) is 15.3 Å². The first-order valence-electron chi connectivity index (χ1n) is 7.25. The minimum Gasteiger partial charge on any atom is -0.445 e. The number of rotatable bonds is 5. The van der Waals surface area contributed by atoms with Crippen molar-refractivity contribution in [1.82, 2.24) is 19.3 Å². The number of hydrogen-bond donors (Lipinski definition) is 1. The Hall–Kier alpha value is -2.79. The number of nitrogens with zero attached hydrogens (tertiary/aromatic N) is 3. The van der Waals surface area contributed by atoms with Crippen LogP contribution in [0, 0.1) is 5.95 Å². The van der Waals surface area contributed by atoms with Gasteiger partial charge in [-0.15, -0.1) is 11.3 Å². The quantitative estimate of drug-likeness (QED) is 0.664. The molecule has 3 rings (SSSR count). The van der Waals surface area contributed by atoms with Gasteiger partial charge in [-0.05, 0) is 18.2 Å². The highest BCUT2D eigenvalue weighted by Crippen LogP contribution is 2.29. The summed E-state index contributed by atoms with van der Waals surface area (Å²) in [6, 6.07) is 4.33. The van der Waals surface area contributed by atoms with E-state index < -0.39 is 22.1 Å². The summed E-state index contributed by atoms with van der Waals surface area (Å²) in [7, 11) is -2.64. The van der Waals surface area contributed by atoms with Crippen molar-refractivity contribution in [2.75, 3.05) is 7.05 Å². The normalized spacial score (nSPS) is 11.3. The Morgan fingerprint density at radius 1 is 1.38 bits per heavy atom. The molecule has 0 saturated carbocycles. The maximum absolute atomic E-state index is 14.1. The first-order valence-corrected chi connectivity index (χ1v) is 9.57. The van der Waals surface area contributed by atoms with Crippen molar-refractivity contribution in [3.05, 3.63) is 53.7 Å². The molecule has 3 aromatic rings. The Balaban J connectivity index is 2.11. The number of ether oxygens (including phenoxy) is 1. The lowest BCUT2D eigenvalue weighted by atomic mass is 10.2. The zero-order valence-electron chi connectivity index (χ0n) is 13.4. The van der Waals surface area contributed by atoms with Crippen LogP contribution in [0.25, 0.3) is 11.3 Å². The summed E-state index contributed by atoms with van der Waals surface area (Å²) in [6.07, 6.45) is 3.22. The van der Waals surface area contributed by atoms with Crippen LogP contribution >= 0.6 is 11.3 Å². The van der Waals surface area contributed by atoms with Gasteiger partial charge in [-0.3, -0.25) is 0 Å². The molecule has 0 aromatic carbocycles. The fraction of sp³-hybridized carbons (Fsp3) is 0.133. The minimum atomic E-state index is -4.04. The van der Waals surface area contributed by atoms with E-state index in [9.17, 15) is 17.6 Å².